The molecule has 1 unspecified atom stereocenters. The summed E-state index contributed by atoms with van der Waals surface area (Å²) in [5.74, 6) is 0.840. The first-order valence-electron chi connectivity index (χ1n) is 9.09. The lowest BCUT2D eigenvalue weighted by Gasteiger charge is -2.26. The molecule has 1 aromatic carbocycles. The van der Waals surface area contributed by atoms with E-state index in [9.17, 15) is 4.79 Å². The lowest BCUT2D eigenvalue weighted by atomic mass is 10.1. The summed E-state index contributed by atoms with van der Waals surface area (Å²) < 4.78 is 11.3. The lowest BCUT2D eigenvalue weighted by molar-refractivity contribution is 0.0937. The highest BCUT2D eigenvalue weighted by Crippen LogP contribution is 2.36. The molecule has 0 aromatic heterocycles. The zero-order valence-electron chi connectivity index (χ0n) is 16.0. The fourth-order valence-corrected chi connectivity index (χ4v) is 2.89. The smallest absolute Gasteiger partial charge is 0.251 e. The highest BCUT2D eigenvalue weighted by molar-refractivity contribution is 6.32. The van der Waals surface area contributed by atoms with E-state index >= 15 is 0 Å². The zero-order chi connectivity index (χ0) is 18.8. The molecule has 0 aliphatic heterocycles. The van der Waals surface area contributed by atoms with Crippen LogP contribution >= 0.6 is 11.6 Å². The van der Waals surface area contributed by atoms with Gasteiger partial charge in [0, 0.05) is 18.2 Å². The average Bonchev–Trinajstić information content (AvgIpc) is 2.60. The summed E-state index contributed by atoms with van der Waals surface area (Å²) in [6.45, 7) is 13.8. The molecule has 0 spiro atoms. The van der Waals surface area contributed by atoms with E-state index < -0.39 is 0 Å². The number of rotatable bonds is 11. The van der Waals surface area contributed by atoms with E-state index in [2.05, 4.69) is 31.0 Å². The number of hydrogen-bond acceptors (Lipinski definition) is 4. The van der Waals surface area contributed by atoms with Crippen molar-refractivity contribution < 1.29 is 14.3 Å². The van der Waals surface area contributed by atoms with Crippen molar-refractivity contribution in [3.63, 3.8) is 0 Å². The van der Waals surface area contributed by atoms with Crippen LogP contribution in [0.25, 0.3) is 0 Å². The van der Waals surface area contributed by atoms with Crippen molar-refractivity contribution in [3.05, 3.63) is 22.7 Å². The topological polar surface area (TPSA) is 50.8 Å². The standard InChI is InChI=1S/C19H31ClN2O3/c1-6-10-25-18-16(20)11-15(12-17(18)24-9-4)19(23)21-13-14(5)22(7-2)8-3/h11-12,14H,6-10,13H2,1-5H3,(H,21,23). The third kappa shape index (κ3) is 6.40. The fraction of sp³-hybridized carbons (Fsp3) is 0.632. The van der Waals surface area contributed by atoms with E-state index in [0.717, 1.165) is 19.5 Å². The zero-order valence-corrected chi connectivity index (χ0v) is 16.8. The van der Waals surface area contributed by atoms with E-state index in [1.165, 1.54) is 0 Å². The second-order valence-electron chi connectivity index (χ2n) is 5.85. The van der Waals surface area contributed by atoms with Crippen molar-refractivity contribution in [1.82, 2.24) is 10.2 Å². The van der Waals surface area contributed by atoms with E-state index in [-0.39, 0.29) is 11.9 Å². The molecule has 0 radical (unpaired) electrons. The number of carbonyl (C=O) groups is 1. The van der Waals surface area contributed by atoms with Gasteiger partial charge in [-0.05, 0) is 45.5 Å². The Labute approximate surface area is 156 Å². The van der Waals surface area contributed by atoms with Gasteiger partial charge in [-0.25, -0.2) is 0 Å². The van der Waals surface area contributed by atoms with E-state index in [1.807, 2.05) is 13.8 Å². The van der Waals surface area contributed by atoms with Gasteiger partial charge in [0.25, 0.3) is 5.91 Å². The summed E-state index contributed by atoms with van der Waals surface area (Å²) in [5, 5.41) is 3.36. The van der Waals surface area contributed by atoms with Gasteiger partial charge in [0.05, 0.1) is 18.2 Å². The maximum atomic E-state index is 12.5. The van der Waals surface area contributed by atoms with E-state index in [4.69, 9.17) is 21.1 Å². The minimum absolute atomic E-state index is 0.163. The molecule has 1 aromatic rings. The van der Waals surface area contributed by atoms with Crippen molar-refractivity contribution in [2.75, 3.05) is 32.8 Å². The first kappa shape index (κ1) is 21.6. The van der Waals surface area contributed by atoms with Crippen molar-refractivity contribution >= 4 is 17.5 Å². The van der Waals surface area contributed by atoms with Crippen molar-refractivity contribution in [2.45, 2.75) is 47.1 Å². The first-order chi connectivity index (χ1) is 12.0. The molecule has 0 aliphatic carbocycles. The molecule has 25 heavy (non-hydrogen) atoms. The number of benzene rings is 1. The van der Waals surface area contributed by atoms with Crippen LogP contribution in [0.1, 0.15) is 51.4 Å². The van der Waals surface area contributed by atoms with Gasteiger partial charge in [-0.2, -0.15) is 0 Å². The molecule has 0 saturated carbocycles. The molecule has 6 heteroatoms. The van der Waals surface area contributed by atoms with E-state index in [0.29, 0.717) is 41.8 Å². The van der Waals surface area contributed by atoms with Crippen LogP contribution in [0.4, 0.5) is 0 Å². The number of hydrogen-bond donors (Lipinski definition) is 1. The molecular weight excluding hydrogens is 340 g/mol. The maximum absolute atomic E-state index is 12.5. The molecule has 0 aliphatic rings. The summed E-state index contributed by atoms with van der Waals surface area (Å²) >= 11 is 6.31. The lowest BCUT2D eigenvalue weighted by Crippen LogP contribution is -2.42. The quantitative estimate of drug-likeness (QED) is 0.640. The van der Waals surface area contributed by atoms with Gasteiger partial charge in [-0.15, -0.1) is 0 Å². The van der Waals surface area contributed by atoms with Crippen LogP contribution in [0.2, 0.25) is 5.02 Å². The van der Waals surface area contributed by atoms with Crippen molar-refractivity contribution in [2.24, 2.45) is 0 Å². The van der Waals surface area contributed by atoms with Gasteiger partial charge in [-0.3, -0.25) is 9.69 Å². The number of ether oxygens (including phenoxy) is 2. The van der Waals surface area contributed by atoms with Crippen molar-refractivity contribution in [3.8, 4) is 11.5 Å². The Kier molecular flexibility index (Phi) is 9.68. The van der Waals surface area contributed by atoms with Gasteiger partial charge >= 0.3 is 0 Å². The SMILES string of the molecule is CCCOc1c(Cl)cc(C(=O)NCC(C)N(CC)CC)cc1OCC. The normalized spacial score (nSPS) is 12.1. The largest absolute Gasteiger partial charge is 0.490 e. The Morgan fingerprint density at radius 2 is 1.88 bits per heavy atom. The van der Waals surface area contributed by atoms with Gasteiger partial charge in [-0.1, -0.05) is 32.4 Å². The Bertz CT molecular complexity index is 548. The minimum Gasteiger partial charge on any atom is -0.490 e. The minimum atomic E-state index is -0.163. The summed E-state index contributed by atoms with van der Waals surface area (Å²) in [7, 11) is 0. The monoisotopic (exact) mass is 370 g/mol. The van der Waals surface area contributed by atoms with Crippen LogP contribution < -0.4 is 14.8 Å². The molecule has 0 saturated heterocycles. The predicted octanol–water partition coefficient (Wildman–Crippen LogP) is 3.99. The molecule has 0 heterocycles. The Morgan fingerprint density at radius 1 is 1.20 bits per heavy atom. The highest BCUT2D eigenvalue weighted by atomic mass is 35.5. The Hall–Kier alpha value is -1.46. The first-order valence-corrected chi connectivity index (χ1v) is 9.47. The molecule has 0 fully saturated rings. The predicted molar refractivity (Wildman–Crippen MR) is 103 cm³/mol. The molecule has 5 nitrogen and oxygen atoms in total. The summed E-state index contributed by atoms with van der Waals surface area (Å²) in [6, 6.07) is 3.59. The number of likely N-dealkylation sites (N-methyl/N-ethyl adjacent to an activating group) is 1. The van der Waals surface area contributed by atoms with Gasteiger partial charge in [0.15, 0.2) is 11.5 Å². The second-order valence-corrected chi connectivity index (χ2v) is 6.25. The Morgan fingerprint density at radius 3 is 2.44 bits per heavy atom. The molecule has 1 N–H and O–H groups in total. The number of nitrogens with one attached hydrogen (secondary N) is 1. The second kappa shape index (κ2) is 11.2. The number of nitrogens with zero attached hydrogens (tertiary/aromatic N) is 1. The molecule has 0 bridgehead atoms. The number of carbonyl (C=O) groups excluding carboxylic acids is 1. The van der Waals surface area contributed by atoms with Gasteiger partial charge in [0.2, 0.25) is 0 Å². The van der Waals surface area contributed by atoms with Crippen LogP contribution in [0.3, 0.4) is 0 Å². The van der Waals surface area contributed by atoms with Crippen LogP contribution in [-0.4, -0.2) is 49.7 Å². The van der Waals surface area contributed by atoms with Crippen LogP contribution in [0, 0.1) is 0 Å². The fourth-order valence-electron chi connectivity index (χ4n) is 2.62. The average molecular weight is 371 g/mol. The molecule has 1 amide bonds. The van der Waals surface area contributed by atoms with Crippen molar-refractivity contribution in [1.29, 1.82) is 0 Å². The van der Waals surface area contributed by atoms with E-state index in [1.54, 1.807) is 12.1 Å². The number of halogens is 1. The summed E-state index contributed by atoms with van der Waals surface area (Å²) in [6.07, 6.45) is 0.868. The Balaban J connectivity index is 2.87. The third-order valence-corrected chi connectivity index (χ3v) is 4.30. The summed E-state index contributed by atoms with van der Waals surface area (Å²) in [5.41, 5.74) is 0.476. The maximum Gasteiger partial charge on any atom is 0.251 e. The van der Waals surface area contributed by atoms with Crippen LogP contribution in [0.15, 0.2) is 12.1 Å². The van der Waals surface area contributed by atoms with Crippen LogP contribution in [-0.2, 0) is 0 Å². The third-order valence-electron chi connectivity index (χ3n) is 4.02. The molecule has 1 rings (SSSR count). The molecule has 142 valence electrons. The highest BCUT2D eigenvalue weighted by Gasteiger charge is 2.17. The van der Waals surface area contributed by atoms with Gasteiger partial charge in [0.1, 0.15) is 0 Å². The molecular formula is C19H31ClN2O3. The summed E-state index contributed by atoms with van der Waals surface area (Å²) in [4.78, 5) is 14.8. The molecule has 1 atom stereocenters. The van der Waals surface area contributed by atoms with Gasteiger partial charge < -0.3 is 14.8 Å². The number of amides is 1. The van der Waals surface area contributed by atoms with Crippen LogP contribution in [0.5, 0.6) is 11.5 Å².